The van der Waals surface area contributed by atoms with E-state index in [-0.39, 0.29) is 22.8 Å². The van der Waals surface area contributed by atoms with Gasteiger partial charge in [0.2, 0.25) is 6.10 Å². The van der Waals surface area contributed by atoms with Crippen molar-refractivity contribution >= 4 is 17.7 Å². The minimum Gasteiger partial charge on any atom is -0.444 e. The molecule has 0 bridgehead atoms. The number of carbonyl (C=O) groups excluding carboxylic acids is 3. The lowest BCUT2D eigenvalue weighted by Crippen LogP contribution is -2.35. The highest BCUT2D eigenvalue weighted by Gasteiger charge is 2.32. The van der Waals surface area contributed by atoms with E-state index in [0.717, 1.165) is 12.8 Å². The highest BCUT2D eigenvalue weighted by Crippen LogP contribution is 2.25. The average molecular weight is 413 g/mol. The first-order valence-electron chi connectivity index (χ1n) is 10.4. The average Bonchev–Trinajstić information content (AvgIpc) is 3.38. The number of amides is 1. The fourth-order valence-corrected chi connectivity index (χ4v) is 3.77. The maximum atomic E-state index is 13.2. The van der Waals surface area contributed by atoms with Crippen LogP contribution >= 0.6 is 0 Å². The SMILES string of the molecule is O=C(O[C@@H](C(=O)N1CCCC1)c1ccccc1)c1ccccc1C(=O)c1ccccc1. The third-order valence-electron chi connectivity index (χ3n) is 5.40. The van der Waals surface area contributed by atoms with Gasteiger partial charge < -0.3 is 9.64 Å². The van der Waals surface area contributed by atoms with Crippen molar-refractivity contribution in [2.24, 2.45) is 0 Å². The van der Waals surface area contributed by atoms with Gasteiger partial charge in [-0.1, -0.05) is 78.9 Å². The Morgan fingerprint density at radius 2 is 1.26 bits per heavy atom. The maximum Gasteiger partial charge on any atom is 0.340 e. The van der Waals surface area contributed by atoms with Gasteiger partial charge >= 0.3 is 5.97 Å². The fraction of sp³-hybridized carbons (Fsp3) is 0.192. The van der Waals surface area contributed by atoms with Crippen LogP contribution in [-0.4, -0.2) is 35.6 Å². The second-order valence-electron chi connectivity index (χ2n) is 7.47. The summed E-state index contributed by atoms with van der Waals surface area (Å²) in [5.74, 6) is -1.19. The molecule has 0 aromatic heterocycles. The van der Waals surface area contributed by atoms with Gasteiger partial charge in [-0.25, -0.2) is 4.79 Å². The van der Waals surface area contributed by atoms with E-state index in [9.17, 15) is 14.4 Å². The normalized spacial score (nSPS) is 14.1. The van der Waals surface area contributed by atoms with Gasteiger partial charge in [-0.05, 0) is 18.9 Å². The first kappa shape index (κ1) is 20.5. The summed E-state index contributed by atoms with van der Waals surface area (Å²) in [6, 6.07) is 24.3. The van der Waals surface area contributed by atoms with E-state index in [1.807, 2.05) is 12.1 Å². The minimum atomic E-state index is -1.05. The largest absolute Gasteiger partial charge is 0.444 e. The molecule has 1 aliphatic heterocycles. The molecule has 1 aliphatic rings. The Kier molecular flexibility index (Phi) is 6.22. The van der Waals surface area contributed by atoms with Crippen molar-refractivity contribution in [3.8, 4) is 0 Å². The number of rotatable bonds is 6. The molecule has 1 saturated heterocycles. The summed E-state index contributed by atoms with van der Waals surface area (Å²) >= 11 is 0. The lowest BCUT2D eigenvalue weighted by atomic mass is 9.98. The van der Waals surface area contributed by atoms with Crippen LogP contribution in [0.4, 0.5) is 0 Å². The lowest BCUT2D eigenvalue weighted by Gasteiger charge is -2.24. The van der Waals surface area contributed by atoms with Crippen molar-refractivity contribution in [2.75, 3.05) is 13.1 Å². The summed E-state index contributed by atoms with van der Waals surface area (Å²) < 4.78 is 5.74. The zero-order valence-electron chi connectivity index (χ0n) is 17.1. The predicted molar refractivity (Wildman–Crippen MR) is 117 cm³/mol. The monoisotopic (exact) mass is 413 g/mol. The number of carbonyl (C=O) groups is 3. The first-order valence-corrected chi connectivity index (χ1v) is 10.4. The molecular weight excluding hydrogens is 390 g/mol. The van der Waals surface area contributed by atoms with Gasteiger partial charge in [0.15, 0.2) is 5.78 Å². The number of esters is 1. The predicted octanol–water partition coefficient (Wildman–Crippen LogP) is 4.44. The topological polar surface area (TPSA) is 63.7 Å². The molecule has 156 valence electrons. The Balaban J connectivity index is 1.64. The zero-order chi connectivity index (χ0) is 21.6. The van der Waals surface area contributed by atoms with Gasteiger partial charge in [0.1, 0.15) is 0 Å². The van der Waals surface area contributed by atoms with Crippen LogP contribution in [0.1, 0.15) is 50.8 Å². The quantitative estimate of drug-likeness (QED) is 0.443. The summed E-state index contributed by atoms with van der Waals surface area (Å²) in [6.45, 7) is 1.31. The number of nitrogens with zero attached hydrogens (tertiary/aromatic N) is 1. The van der Waals surface area contributed by atoms with E-state index in [4.69, 9.17) is 4.74 Å². The number of ether oxygens (including phenoxy) is 1. The number of ketones is 1. The lowest BCUT2D eigenvalue weighted by molar-refractivity contribution is -0.140. The molecule has 1 fully saturated rings. The van der Waals surface area contributed by atoms with E-state index in [1.165, 1.54) is 0 Å². The van der Waals surface area contributed by atoms with Gasteiger partial charge in [0, 0.05) is 29.8 Å². The van der Waals surface area contributed by atoms with Crippen LogP contribution in [0.25, 0.3) is 0 Å². The van der Waals surface area contributed by atoms with Crippen LogP contribution in [-0.2, 0) is 9.53 Å². The Labute approximate surface area is 181 Å². The Hall–Kier alpha value is -3.73. The van der Waals surface area contributed by atoms with E-state index in [2.05, 4.69) is 0 Å². The molecule has 1 heterocycles. The van der Waals surface area contributed by atoms with Crippen molar-refractivity contribution in [3.05, 3.63) is 107 Å². The van der Waals surface area contributed by atoms with E-state index in [0.29, 0.717) is 24.2 Å². The third kappa shape index (κ3) is 4.56. The summed E-state index contributed by atoms with van der Waals surface area (Å²) in [5, 5.41) is 0. The van der Waals surface area contributed by atoms with Gasteiger partial charge in [-0.2, -0.15) is 0 Å². The maximum absolute atomic E-state index is 13.2. The van der Waals surface area contributed by atoms with Crippen molar-refractivity contribution in [1.82, 2.24) is 4.90 Å². The van der Waals surface area contributed by atoms with Crippen molar-refractivity contribution in [2.45, 2.75) is 18.9 Å². The summed E-state index contributed by atoms with van der Waals surface area (Å²) in [6.07, 6.45) is 0.831. The van der Waals surface area contributed by atoms with Crippen molar-refractivity contribution in [1.29, 1.82) is 0 Å². The molecule has 3 aromatic carbocycles. The van der Waals surface area contributed by atoms with Crippen LogP contribution in [0.3, 0.4) is 0 Å². The van der Waals surface area contributed by atoms with Crippen LogP contribution in [0.2, 0.25) is 0 Å². The fourth-order valence-electron chi connectivity index (χ4n) is 3.77. The standard InChI is InChI=1S/C26H23NO4/c28-23(19-11-3-1-4-12-19)21-15-7-8-16-22(21)26(30)31-24(20-13-5-2-6-14-20)25(29)27-17-9-10-18-27/h1-8,11-16,24H,9-10,17-18H2/t24-/m1/s1. The molecule has 0 aliphatic carbocycles. The number of hydrogen-bond donors (Lipinski definition) is 0. The Bertz CT molecular complexity index is 1070. The molecule has 31 heavy (non-hydrogen) atoms. The molecule has 0 radical (unpaired) electrons. The molecule has 3 aromatic rings. The van der Waals surface area contributed by atoms with E-state index < -0.39 is 12.1 Å². The van der Waals surface area contributed by atoms with Crippen LogP contribution < -0.4 is 0 Å². The zero-order valence-corrected chi connectivity index (χ0v) is 17.1. The second kappa shape index (κ2) is 9.39. The number of likely N-dealkylation sites (tertiary alicyclic amines) is 1. The first-order chi connectivity index (χ1) is 15.1. The summed E-state index contributed by atoms with van der Waals surface area (Å²) in [4.78, 5) is 41.0. The van der Waals surface area contributed by atoms with E-state index >= 15 is 0 Å². The second-order valence-corrected chi connectivity index (χ2v) is 7.47. The number of hydrogen-bond acceptors (Lipinski definition) is 4. The molecule has 0 N–H and O–H groups in total. The molecule has 4 rings (SSSR count). The van der Waals surface area contributed by atoms with Crippen LogP contribution in [0, 0.1) is 0 Å². The van der Waals surface area contributed by atoms with Gasteiger partial charge in [0.25, 0.3) is 5.91 Å². The Morgan fingerprint density at radius 1 is 0.710 bits per heavy atom. The molecule has 5 nitrogen and oxygen atoms in total. The molecular formula is C26H23NO4. The highest BCUT2D eigenvalue weighted by atomic mass is 16.5. The molecule has 0 spiro atoms. The third-order valence-corrected chi connectivity index (χ3v) is 5.40. The van der Waals surface area contributed by atoms with Gasteiger partial charge in [-0.3, -0.25) is 9.59 Å². The Morgan fingerprint density at radius 3 is 1.90 bits per heavy atom. The van der Waals surface area contributed by atoms with Crippen molar-refractivity contribution in [3.63, 3.8) is 0 Å². The van der Waals surface area contributed by atoms with Crippen molar-refractivity contribution < 1.29 is 19.1 Å². The molecule has 5 heteroatoms. The number of benzene rings is 3. The molecule has 1 amide bonds. The highest BCUT2D eigenvalue weighted by molar-refractivity contribution is 6.14. The molecule has 0 unspecified atom stereocenters. The van der Waals surface area contributed by atoms with Crippen LogP contribution in [0.5, 0.6) is 0 Å². The molecule has 1 atom stereocenters. The van der Waals surface area contributed by atoms with E-state index in [1.54, 1.807) is 77.7 Å². The van der Waals surface area contributed by atoms with Gasteiger partial charge in [-0.15, -0.1) is 0 Å². The van der Waals surface area contributed by atoms with Crippen LogP contribution in [0.15, 0.2) is 84.9 Å². The molecule has 0 saturated carbocycles. The summed E-state index contributed by atoms with van der Waals surface area (Å²) in [7, 11) is 0. The smallest absolute Gasteiger partial charge is 0.340 e. The summed E-state index contributed by atoms with van der Waals surface area (Å²) in [5.41, 5.74) is 1.49. The van der Waals surface area contributed by atoms with Gasteiger partial charge in [0.05, 0.1) is 5.56 Å². The minimum absolute atomic E-state index is 0.145.